The zero-order chi connectivity index (χ0) is 14.1. The van der Waals surface area contributed by atoms with Crippen LogP contribution in [0, 0.1) is 0 Å². The Labute approximate surface area is 127 Å². The van der Waals surface area contributed by atoms with Gasteiger partial charge in [-0.05, 0) is 23.3 Å². The Morgan fingerprint density at radius 1 is 0.619 bits per heavy atom. The number of thiazole rings is 1. The molecule has 0 amide bonds. The van der Waals surface area contributed by atoms with E-state index in [4.69, 9.17) is 4.98 Å². The first-order valence-electron chi connectivity index (χ1n) is 6.92. The van der Waals surface area contributed by atoms with Gasteiger partial charge in [0.15, 0.2) is 0 Å². The maximum atomic E-state index is 4.79. The third-order valence-electron chi connectivity index (χ3n) is 3.54. The van der Waals surface area contributed by atoms with E-state index in [1.54, 1.807) is 11.3 Å². The summed E-state index contributed by atoms with van der Waals surface area (Å²) in [5.41, 5.74) is 4.73. The quantitative estimate of drug-likeness (QED) is 0.465. The molecule has 0 unspecified atom stereocenters. The summed E-state index contributed by atoms with van der Waals surface area (Å²) in [7, 11) is 0. The van der Waals surface area contributed by atoms with Gasteiger partial charge in [0.25, 0.3) is 0 Å². The van der Waals surface area contributed by atoms with E-state index in [2.05, 4.69) is 66.7 Å². The van der Waals surface area contributed by atoms with Gasteiger partial charge in [-0.2, -0.15) is 0 Å². The fourth-order valence-electron chi connectivity index (χ4n) is 2.53. The molecular formula is C19H13NS. The first kappa shape index (κ1) is 12.3. The van der Waals surface area contributed by atoms with E-state index in [9.17, 15) is 0 Å². The van der Waals surface area contributed by atoms with Gasteiger partial charge in [0, 0.05) is 5.56 Å². The molecule has 1 heterocycles. The summed E-state index contributed by atoms with van der Waals surface area (Å²) in [6.45, 7) is 0. The van der Waals surface area contributed by atoms with Crippen molar-refractivity contribution >= 4 is 21.6 Å². The van der Waals surface area contributed by atoms with E-state index < -0.39 is 0 Å². The van der Waals surface area contributed by atoms with Crippen LogP contribution in [0.2, 0.25) is 0 Å². The molecule has 1 aromatic heterocycles. The number of nitrogens with zero attached hydrogens (tertiary/aromatic N) is 1. The number of hydrogen-bond acceptors (Lipinski definition) is 2. The molecule has 4 aromatic rings. The lowest BCUT2D eigenvalue weighted by molar-refractivity contribution is 1.47. The fraction of sp³-hybridized carbons (Fsp3) is 0. The predicted molar refractivity (Wildman–Crippen MR) is 90.5 cm³/mol. The number of aromatic nitrogens is 1. The van der Waals surface area contributed by atoms with E-state index >= 15 is 0 Å². The van der Waals surface area contributed by atoms with Crippen molar-refractivity contribution < 1.29 is 0 Å². The minimum atomic E-state index is 1.07. The molecule has 2 heteroatoms. The van der Waals surface area contributed by atoms with Crippen molar-refractivity contribution in [1.82, 2.24) is 4.98 Å². The number of fused-ring (bicyclic) bond motifs is 1. The van der Waals surface area contributed by atoms with Gasteiger partial charge >= 0.3 is 0 Å². The third-order valence-corrected chi connectivity index (χ3v) is 4.61. The summed E-state index contributed by atoms with van der Waals surface area (Å²) in [6, 6.07) is 27.3. The Morgan fingerprint density at radius 2 is 1.29 bits per heavy atom. The Kier molecular flexibility index (Phi) is 3.02. The highest BCUT2D eigenvalue weighted by atomic mass is 32.1. The molecule has 0 bridgehead atoms. The lowest BCUT2D eigenvalue weighted by Crippen LogP contribution is -1.83. The van der Waals surface area contributed by atoms with Crippen LogP contribution in [0.5, 0.6) is 0 Å². The first-order valence-corrected chi connectivity index (χ1v) is 7.74. The topological polar surface area (TPSA) is 12.9 Å². The van der Waals surface area contributed by atoms with Crippen LogP contribution < -0.4 is 0 Å². The van der Waals surface area contributed by atoms with Crippen molar-refractivity contribution in [3.05, 3.63) is 78.9 Å². The van der Waals surface area contributed by atoms with E-state index in [1.807, 2.05) is 12.1 Å². The summed E-state index contributed by atoms with van der Waals surface area (Å²) in [5, 5.41) is 1.08. The van der Waals surface area contributed by atoms with Crippen molar-refractivity contribution in [2.45, 2.75) is 0 Å². The average molecular weight is 287 g/mol. The third kappa shape index (κ3) is 2.24. The molecule has 0 saturated heterocycles. The standard InChI is InChI=1S/C19H13NS/c1-2-8-14(9-3-1)15-10-4-5-11-16(15)19-20-17-12-6-7-13-18(17)21-19/h1-13H. The lowest BCUT2D eigenvalue weighted by Gasteiger charge is -2.06. The summed E-state index contributed by atoms with van der Waals surface area (Å²) in [4.78, 5) is 4.79. The van der Waals surface area contributed by atoms with Gasteiger partial charge in [-0.3, -0.25) is 0 Å². The molecular weight excluding hydrogens is 274 g/mol. The molecule has 1 nitrogen and oxygen atoms in total. The number of para-hydroxylation sites is 1. The second kappa shape index (κ2) is 5.15. The van der Waals surface area contributed by atoms with E-state index in [1.165, 1.54) is 21.4 Å². The van der Waals surface area contributed by atoms with Crippen molar-refractivity contribution in [2.24, 2.45) is 0 Å². The Bertz CT molecular complexity index is 861. The van der Waals surface area contributed by atoms with Crippen molar-refractivity contribution in [1.29, 1.82) is 0 Å². The van der Waals surface area contributed by atoms with E-state index in [0.717, 1.165) is 10.5 Å². The number of benzene rings is 3. The normalized spacial score (nSPS) is 10.9. The highest BCUT2D eigenvalue weighted by molar-refractivity contribution is 7.21. The van der Waals surface area contributed by atoms with Gasteiger partial charge in [0.05, 0.1) is 10.2 Å². The minimum absolute atomic E-state index is 1.07. The molecule has 4 rings (SSSR count). The molecule has 0 aliphatic carbocycles. The summed E-state index contributed by atoms with van der Waals surface area (Å²) in [6.07, 6.45) is 0. The zero-order valence-corrected chi connectivity index (χ0v) is 12.2. The second-order valence-electron chi connectivity index (χ2n) is 4.90. The van der Waals surface area contributed by atoms with Gasteiger partial charge in [-0.25, -0.2) is 4.98 Å². The monoisotopic (exact) mass is 287 g/mol. The molecule has 0 fully saturated rings. The molecule has 21 heavy (non-hydrogen) atoms. The van der Waals surface area contributed by atoms with Crippen LogP contribution in [0.4, 0.5) is 0 Å². The van der Waals surface area contributed by atoms with Gasteiger partial charge in [-0.1, -0.05) is 66.7 Å². The zero-order valence-electron chi connectivity index (χ0n) is 11.4. The average Bonchev–Trinajstić information content (AvgIpc) is 2.99. The van der Waals surface area contributed by atoms with E-state index in [0.29, 0.717) is 0 Å². The van der Waals surface area contributed by atoms with Crippen LogP contribution in [-0.4, -0.2) is 4.98 Å². The lowest BCUT2D eigenvalue weighted by atomic mass is 10.0. The second-order valence-corrected chi connectivity index (χ2v) is 5.93. The van der Waals surface area contributed by atoms with Crippen molar-refractivity contribution in [3.63, 3.8) is 0 Å². The summed E-state index contributed by atoms with van der Waals surface area (Å²) >= 11 is 1.75. The van der Waals surface area contributed by atoms with Gasteiger partial charge in [-0.15, -0.1) is 11.3 Å². The van der Waals surface area contributed by atoms with Crippen LogP contribution in [0.3, 0.4) is 0 Å². The van der Waals surface area contributed by atoms with Crippen LogP contribution in [0.25, 0.3) is 31.9 Å². The molecule has 100 valence electrons. The molecule has 3 aromatic carbocycles. The Balaban J connectivity index is 1.93. The minimum Gasteiger partial charge on any atom is -0.236 e. The van der Waals surface area contributed by atoms with Gasteiger partial charge < -0.3 is 0 Å². The number of hydrogen-bond donors (Lipinski definition) is 0. The first-order chi connectivity index (χ1) is 10.4. The molecule has 0 spiro atoms. The fourth-order valence-corrected chi connectivity index (χ4v) is 3.53. The Hall–Kier alpha value is -2.45. The van der Waals surface area contributed by atoms with Crippen LogP contribution in [-0.2, 0) is 0 Å². The van der Waals surface area contributed by atoms with E-state index in [-0.39, 0.29) is 0 Å². The molecule has 0 saturated carbocycles. The highest BCUT2D eigenvalue weighted by Crippen LogP contribution is 2.36. The molecule has 0 aliphatic rings. The highest BCUT2D eigenvalue weighted by Gasteiger charge is 2.10. The predicted octanol–water partition coefficient (Wildman–Crippen LogP) is 5.63. The summed E-state index contributed by atoms with van der Waals surface area (Å²) < 4.78 is 1.23. The van der Waals surface area contributed by atoms with Crippen LogP contribution >= 0.6 is 11.3 Å². The maximum absolute atomic E-state index is 4.79. The van der Waals surface area contributed by atoms with Gasteiger partial charge in [0.2, 0.25) is 0 Å². The SMILES string of the molecule is c1ccc(-c2ccccc2-c2nc3ccccc3s2)cc1. The molecule has 0 atom stereocenters. The molecule has 0 N–H and O–H groups in total. The molecule has 0 radical (unpaired) electrons. The van der Waals surface area contributed by atoms with Crippen LogP contribution in [0.15, 0.2) is 78.9 Å². The smallest absolute Gasteiger partial charge is 0.125 e. The summed E-state index contributed by atoms with van der Waals surface area (Å²) in [5.74, 6) is 0. The molecule has 0 aliphatic heterocycles. The number of rotatable bonds is 2. The van der Waals surface area contributed by atoms with Crippen molar-refractivity contribution in [2.75, 3.05) is 0 Å². The largest absolute Gasteiger partial charge is 0.236 e. The van der Waals surface area contributed by atoms with Crippen LogP contribution in [0.1, 0.15) is 0 Å². The Morgan fingerprint density at radius 3 is 2.10 bits per heavy atom. The van der Waals surface area contributed by atoms with Crippen molar-refractivity contribution in [3.8, 4) is 21.7 Å². The van der Waals surface area contributed by atoms with Gasteiger partial charge in [0.1, 0.15) is 5.01 Å². The maximum Gasteiger partial charge on any atom is 0.125 e.